The van der Waals surface area contributed by atoms with Gasteiger partial charge in [-0.3, -0.25) is 9.59 Å². The van der Waals surface area contributed by atoms with Crippen molar-refractivity contribution in [3.63, 3.8) is 0 Å². The molecule has 1 N–H and O–H groups in total. The third-order valence-electron chi connectivity index (χ3n) is 4.47. The van der Waals surface area contributed by atoms with E-state index in [4.69, 9.17) is 4.42 Å². The summed E-state index contributed by atoms with van der Waals surface area (Å²) in [6, 6.07) is 9.18. The first-order chi connectivity index (χ1) is 12.1. The van der Waals surface area contributed by atoms with Crippen molar-refractivity contribution in [3.05, 3.63) is 54.2 Å². The Hall–Kier alpha value is -2.63. The maximum absolute atomic E-state index is 13.2. The Kier molecular flexibility index (Phi) is 5.48. The zero-order valence-electron chi connectivity index (χ0n) is 13.9. The maximum atomic E-state index is 13.2. The second-order valence-corrected chi connectivity index (χ2v) is 6.23. The van der Waals surface area contributed by atoms with E-state index < -0.39 is 0 Å². The quantitative estimate of drug-likeness (QED) is 0.875. The highest BCUT2D eigenvalue weighted by Gasteiger charge is 2.24. The number of hydrogen-bond acceptors (Lipinski definition) is 3. The van der Waals surface area contributed by atoms with Crippen LogP contribution in [-0.2, 0) is 16.1 Å². The number of carbonyl (C=O) groups excluding carboxylic acids is 2. The fraction of sp³-hybridized carbons (Fsp3) is 0.368. The molecule has 5 nitrogen and oxygen atoms in total. The van der Waals surface area contributed by atoms with Crippen molar-refractivity contribution in [3.8, 4) is 0 Å². The summed E-state index contributed by atoms with van der Waals surface area (Å²) in [5, 5.41) is 2.73. The maximum Gasteiger partial charge on any atom is 0.246 e. The van der Waals surface area contributed by atoms with Gasteiger partial charge >= 0.3 is 0 Å². The summed E-state index contributed by atoms with van der Waals surface area (Å²) < 4.78 is 18.5. The lowest BCUT2D eigenvalue weighted by atomic mass is 10.1. The van der Waals surface area contributed by atoms with Crippen LogP contribution in [0.4, 0.5) is 10.1 Å². The average molecular weight is 344 g/mol. The van der Waals surface area contributed by atoms with Crippen LogP contribution in [0.25, 0.3) is 0 Å². The van der Waals surface area contributed by atoms with Gasteiger partial charge in [0.15, 0.2) is 0 Å². The second kappa shape index (κ2) is 7.96. The zero-order chi connectivity index (χ0) is 17.6. The van der Waals surface area contributed by atoms with Crippen LogP contribution < -0.4 is 10.2 Å². The largest absolute Gasteiger partial charge is 0.467 e. The Morgan fingerprint density at radius 1 is 1.16 bits per heavy atom. The monoisotopic (exact) mass is 344 g/mol. The van der Waals surface area contributed by atoms with E-state index in [1.807, 2.05) is 0 Å². The number of hydrogen-bond donors (Lipinski definition) is 1. The number of rotatable bonds is 6. The van der Waals surface area contributed by atoms with Crippen LogP contribution in [0.2, 0.25) is 0 Å². The zero-order valence-corrected chi connectivity index (χ0v) is 13.9. The molecule has 0 unspecified atom stereocenters. The lowest BCUT2D eigenvalue weighted by Gasteiger charge is -2.22. The molecule has 1 fully saturated rings. The molecule has 0 spiro atoms. The Morgan fingerprint density at radius 2 is 1.88 bits per heavy atom. The van der Waals surface area contributed by atoms with Crippen molar-refractivity contribution in [2.75, 3.05) is 11.4 Å². The Balaban J connectivity index is 1.68. The SMILES string of the molecule is O=C(NCC(=O)N(Cc1ccco1)c1ccc(F)cc1)C1CCCC1. The number of carbonyl (C=O) groups is 2. The summed E-state index contributed by atoms with van der Waals surface area (Å²) in [5.74, 6) is -0.0853. The van der Waals surface area contributed by atoms with Crippen molar-refractivity contribution in [1.82, 2.24) is 5.32 Å². The van der Waals surface area contributed by atoms with Crippen molar-refractivity contribution in [2.45, 2.75) is 32.2 Å². The first kappa shape index (κ1) is 17.2. The standard InChI is InChI=1S/C19H21FN2O3/c20-15-7-9-16(10-8-15)22(13-17-6-3-11-25-17)18(23)12-21-19(24)14-4-1-2-5-14/h3,6-11,14H,1-2,4-5,12-13H2,(H,21,24). The van der Waals surface area contributed by atoms with E-state index in [2.05, 4.69) is 5.32 Å². The van der Waals surface area contributed by atoms with Crippen molar-refractivity contribution < 1.29 is 18.4 Å². The minimum atomic E-state index is -0.372. The van der Waals surface area contributed by atoms with Crippen LogP contribution >= 0.6 is 0 Å². The molecule has 1 aromatic carbocycles. The molecule has 2 aromatic rings. The molecular weight excluding hydrogens is 323 g/mol. The van der Waals surface area contributed by atoms with Crippen molar-refractivity contribution in [1.29, 1.82) is 0 Å². The van der Waals surface area contributed by atoms with Gasteiger partial charge < -0.3 is 14.6 Å². The van der Waals surface area contributed by atoms with E-state index in [9.17, 15) is 14.0 Å². The Bertz CT molecular complexity index is 707. The molecule has 1 aliphatic rings. The third-order valence-corrected chi connectivity index (χ3v) is 4.47. The van der Waals surface area contributed by atoms with Gasteiger partial charge in [0.1, 0.15) is 11.6 Å². The molecule has 132 valence electrons. The van der Waals surface area contributed by atoms with E-state index >= 15 is 0 Å². The summed E-state index contributed by atoms with van der Waals surface area (Å²) in [7, 11) is 0. The highest BCUT2D eigenvalue weighted by atomic mass is 19.1. The van der Waals surface area contributed by atoms with Gasteiger partial charge in [-0.1, -0.05) is 12.8 Å². The number of amides is 2. The van der Waals surface area contributed by atoms with Crippen LogP contribution in [0.1, 0.15) is 31.4 Å². The molecule has 0 atom stereocenters. The Morgan fingerprint density at radius 3 is 2.52 bits per heavy atom. The lowest BCUT2D eigenvalue weighted by molar-refractivity contribution is -0.127. The number of furan rings is 1. The summed E-state index contributed by atoms with van der Waals surface area (Å²) in [6.07, 6.45) is 5.42. The lowest BCUT2D eigenvalue weighted by Crippen LogP contribution is -2.41. The van der Waals surface area contributed by atoms with Gasteiger partial charge in [0, 0.05) is 11.6 Å². The topological polar surface area (TPSA) is 62.6 Å². The average Bonchev–Trinajstić information content (AvgIpc) is 3.31. The van der Waals surface area contributed by atoms with Gasteiger partial charge in [0.05, 0.1) is 19.4 Å². The number of nitrogens with one attached hydrogen (secondary N) is 1. The van der Waals surface area contributed by atoms with Gasteiger partial charge in [0.2, 0.25) is 11.8 Å². The van der Waals surface area contributed by atoms with Crippen LogP contribution in [0, 0.1) is 11.7 Å². The summed E-state index contributed by atoms with van der Waals surface area (Å²) in [6.45, 7) is 0.129. The molecule has 25 heavy (non-hydrogen) atoms. The summed E-state index contributed by atoms with van der Waals surface area (Å²) in [4.78, 5) is 26.2. The predicted molar refractivity (Wildman–Crippen MR) is 91.3 cm³/mol. The highest BCUT2D eigenvalue weighted by Crippen LogP contribution is 2.24. The minimum Gasteiger partial charge on any atom is -0.467 e. The van der Waals surface area contributed by atoms with E-state index in [1.165, 1.54) is 35.4 Å². The fourth-order valence-corrected chi connectivity index (χ4v) is 3.09. The normalized spacial score (nSPS) is 14.4. The van der Waals surface area contributed by atoms with E-state index in [1.54, 1.807) is 12.1 Å². The number of nitrogens with zero attached hydrogens (tertiary/aromatic N) is 1. The molecule has 3 rings (SSSR count). The fourth-order valence-electron chi connectivity index (χ4n) is 3.09. The number of halogens is 1. The molecule has 2 amide bonds. The molecule has 1 saturated carbocycles. The number of anilines is 1. The molecule has 0 radical (unpaired) electrons. The van der Waals surface area contributed by atoms with E-state index in [0.717, 1.165) is 25.7 Å². The summed E-state index contributed by atoms with van der Waals surface area (Å²) >= 11 is 0. The summed E-state index contributed by atoms with van der Waals surface area (Å²) in [5.41, 5.74) is 0.554. The Labute approximate surface area is 145 Å². The van der Waals surface area contributed by atoms with Gasteiger partial charge in [-0.25, -0.2) is 4.39 Å². The molecule has 6 heteroatoms. The smallest absolute Gasteiger partial charge is 0.246 e. The van der Waals surface area contributed by atoms with Gasteiger partial charge in [-0.15, -0.1) is 0 Å². The minimum absolute atomic E-state index is 0.0112. The molecule has 0 bridgehead atoms. The first-order valence-electron chi connectivity index (χ1n) is 8.49. The van der Waals surface area contributed by atoms with Crippen LogP contribution in [0.3, 0.4) is 0 Å². The van der Waals surface area contributed by atoms with Gasteiger partial charge in [-0.05, 0) is 49.2 Å². The molecule has 0 saturated heterocycles. The molecule has 1 aromatic heterocycles. The third kappa shape index (κ3) is 4.47. The van der Waals surface area contributed by atoms with Crippen molar-refractivity contribution in [2.24, 2.45) is 5.92 Å². The van der Waals surface area contributed by atoms with Crippen LogP contribution in [-0.4, -0.2) is 18.4 Å². The predicted octanol–water partition coefficient (Wildman–Crippen LogP) is 3.26. The first-order valence-corrected chi connectivity index (χ1v) is 8.49. The molecule has 0 aliphatic heterocycles. The molecular formula is C19H21FN2O3. The van der Waals surface area contributed by atoms with E-state index in [0.29, 0.717) is 11.4 Å². The molecule has 1 aliphatic carbocycles. The highest BCUT2D eigenvalue weighted by molar-refractivity contribution is 5.96. The number of benzene rings is 1. The van der Waals surface area contributed by atoms with Crippen LogP contribution in [0.5, 0.6) is 0 Å². The van der Waals surface area contributed by atoms with Crippen molar-refractivity contribution >= 4 is 17.5 Å². The van der Waals surface area contributed by atoms with Gasteiger partial charge in [-0.2, -0.15) is 0 Å². The van der Waals surface area contributed by atoms with Crippen LogP contribution in [0.15, 0.2) is 47.1 Å². The van der Waals surface area contributed by atoms with E-state index in [-0.39, 0.29) is 36.6 Å². The second-order valence-electron chi connectivity index (χ2n) is 6.23. The molecule has 1 heterocycles. The van der Waals surface area contributed by atoms with Gasteiger partial charge in [0.25, 0.3) is 0 Å².